The third-order valence-electron chi connectivity index (χ3n) is 4.80. The van der Waals surface area contributed by atoms with Gasteiger partial charge in [0.05, 0.1) is 11.6 Å². The highest BCUT2D eigenvalue weighted by Gasteiger charge is 2.44. The van der Waals surface area contributed by atoms with Crippen molar-refractivity contribution in [3.8, 4) is 5.88 Å². The molecule has 0 aliphatic heterocycles. The first-order chi connectivity index (χ1) is 13.9. The van der Waals surface area contributed by atoms with E-state index < -0.39 is 30.6 Å². The fourth-order valence-corrected chi connectivity index (χ4v) is 3.07. The molecule has 1 aromatic carbocycles. The van der Waals surface area contributed by atoms with Gasteiger partial charge in [-0.2, -0.15) is 26.3 Å². The number of pyridine rings is 1. The number of nitrogens with one attached hydrogen (secondary N) is 1. The van der Waals surface area contributed by atoms with Crippen LogP contribution in [0.2, 0.25) is 0 Å². The molecule has 1 N–H and O–H groups in total. The molecule has 162 valence electrons. The third-order valence-corrected chi connectivity index (χ3v) is 4.80. The van der Waals surface area contributed by atoms with Crippen LogP contribution in [0.3, 0.4) is 0 Å². The van der Waals surface area contributed by atoms with Gasteiger partial charge in [-0.05, 0) is 42.5 Å². The third kappa shape index (κ3) is 5.64. The maximum atomic E-state index is 12.6. The lowest BCUT2D eigenvalue weighted by atomic mass is 10.1. The molecule has 0 unspecified atom stereocenters. The summed E-state index contributed by atoms with van der Waals surface area (Å²) in [4.78, 5) is 16.2. The van der Waals surface area contributed by atoms with Gasteiger partial charge < -0.3 is 10.1 Å². The highest BCUT2D eigenvalue weighted by atomic mass is 19.4. The minimum absolute atomic E-state index is 0.143. The second-order valence-corrected chi connectivity index (χ2v) is 7.13. The number of benzene rings is 1. The molecule has 0 radical (unpaired) electrons. The number of carbonyl (C=O) groups is 1. The van der Waals surface area contributed by atoms with Gasteiger partial charge in [0.15, 0.2) is 6.61 Å². The first kappa shape index (κ1) is 21.9. The van der Waals surface area contributed by atoms with Crippen molar-refractivity contribution in [2.24, 2.45) is 5.92 Å². The maximum absolute atomic E-state index is 12.6. The van der Waals surface area contributed by atoms with E-state index in [1.165, 1.54) is 30.5 Å². The number of amides is 1. The van der Waals surface area contributed by atoms with Gasteiger partial charge in [0.25, 0.3) is 0 Å². The van der Waals surface area contributed by atoms with E-state index in [4.69, 9.17) is 0 Å². The number of hydrogen-bond donors (Lipinski definition) is 1. The Labute approximate surface area is 168 Å². The first-order valence-electron chi connectivity index (χ1n) is 9.07. The molecule has 1 saturated carbocycles. The van der Waals surface area contributed by atoms with Crippen LogP contribution in [-0.4, -0.2) is 23.7 Å². The van der Waals surface area contributed by atoms with E-state index in [0.29, 0.717) is 17.5 Å². The quantitative estimate of drug-likeness (QED) is 0.652. The Bertz CT molecular complexity index is 878. The molecule has 10 heteroatoms. The normalized spacial score (nSPS) is 19.8. The van der Waals surface area contributed by atoms with Crippen molar-refractivity contribution in [2.45, 2.75) is 37.7 Å². The smallest absolute Gasteiger partial charge is 0.422 e. The Balaban J connectivity index is 1.53. The molecule has 0 spiro atoms. The number of ether oxygens (including phenoxy) is 1. The minimum atomic E-state index is -4.46. The first-order valence-corrected chi connectivity index (χ1v) is 9.07. The summed E-state index contributed by atoms with van der Waals surface area (Å²) in [6, 6.07) is 7.10. The van der Waals surface area contributed by atoms with Gasteiger partial charge in [-0.25, -0.2) is 4.98 Å². The van der Waals surface area contributed by atoms with Crippen LogP contribution < -0.4 is 10.1 Å². The molecule has 1 aromatic heterocycles. The maximum Gasteiger partial charge on any atom is 0.422 e. The summed E-state index contributed by atoms with van der Waals surface area (Å²) in [5.74, 6) is -0.911. The van der Waals surface area contributed by atoms with Crippen LogP contribution in [0.15, 0.2) is 42.6 Å². The molecule has 0 saturated heterocycles. The van der Waals surface area contributed by atoms with Crippen LogP contribution in [0, 0.1) is 5.92 Å². The molecule has 3 rings (SSSR count). The van der Waals surface area contributed by atoms with Crippen molar-refractivity contribution in [3.63, 3.8) is 0 Å². The lowest BCUT2D eigenvalue weighted by molar-refractivity contribution is -0.154. The Hall–Kier alpha value is -2.78. The zero-order valence-electron chi connectivity index (χ0n) is 15.7. The lowest BCUT2D eigenvalue weighted by Crippen LogP contribution is -2.28. The van der Waals surface area contributed by atoms with Gasteiger partial charge in [-0.1, -0.05) is 18.2 Å². The summed E-state index contributed by atoms with van der Waals surface area (Å²) in [6.45, 7) is 0.249. The van der Waals surface area contributed by atoms with E-state index in [-0.39, 0.29) is 23.6 Å². The van der Waals surface area contributed by atoms with Crippen molar-refractivity contribution in [3.05, 3.63) is 59.3 Å². The van der Waals surface area contributed by atoms with Crippen LogP contribution in [0.4, 0.5) is 26.3 Å². The van der Waals surface area contributed by atoms with E-state index in [2.05, 4.69) is 15.0 Å². The second kappa shape index (κ2) is 8.16. The Kier molecular flexibility index (Phi) is 5.96. The van der Waals surface area contributed by atoms with Crippen molar-refractivity contribution in [2.75, 3.05) is 6.61 Å². The Morgan fingerprint density at radius 3 is 2.33 bits per heavy atom. The summed E-state index contributed by atoms with van der Waals surface area (Å²) in [5.41, 5.74) is 0.509. The molecule has 1 heterocycles. The molecule has 4 nitrogen and oxygen atoms in total. The lowest BCUT2D eigenvalue weighted by Gasteiger charge is -2.15. The molecule has 0 bridgehead atoms. The van der Waals surface area contributed by atoms with Crippen LogP contribution in [0.1, 0.15) is 42.0 Å². The molecular weight excluding hydrogens is 414 g/mol. The highest BCUT2D eigenvalue weighted by molar-refractivity contribution is 5.83. The van der Waals surface area contributed by atoms with E-state index in [0.717, 1.165) is 12.1 Å². The zero-order valence-corrected chi connectivity index (χ0v) is 15.7. The second-order valence-electron chi connectivity index (χ2n) is 7.13. The average molecular weight is 432 g/mol. The van der Waals surface area contributed by atoms with Crippen molar-refractivity contribution < 1.29 is 35.9 Å². The van der Waals surface area contributed by atoms with E-state index in [9.17, 15) is 31.1 Å². The van der Waals surface area contributed by atoms with Crippen molar-refractivity contribution in [1.29, 1.82) is 0 Å². The van der Waals surface area contributed by atoms with Gasteiger partial charge in [0.2, 0.25) is 11.8 Å². The zero-order chi connectivity index (χ0) is 22.1. The molecule has 1 amide bonds. The molecule has 1 aliphatic carbocycles. The van der Waals surface area contributed by atoms with Gasteiger partial charge in [0.1, 0.15) is 0 Å². The fourth-order valence-electron chi connectivity index (χ4n) is 3.07. The largest absolute Gasteiger partial charge is 0.468 e. The number of halogens is 6. The number of aromatic nitrogens is 1. The Morgan fingerprint density at radius 2 is 1.80 bits per heavy atom. The summed E-state index contributed by atoms with van der Waals surface area (Å²) in [6.07, 6.45) is -7.02. The number of alkyl halides is 6. The van der Waals surface area contributed by atoms with Gasteiger partial charge in [-0.15, -0.1) is 0 Å². The molecule has 2 aromatic rings. The van der Waals surface area contributed by atoms with Gasteiger partial charge >= 0.3 is 12.4 Å². The minimum Gasteiger partial charge on any atom is -0.468 e. The van der Waals surface area contributed by atoms with Gasteiger partial charge in [-0.3, -0.25) is 4.79 Å². The predicted molar refractivity (Wildman–Crippen MR) is 94.6 cm³/mol. The topological polar surface area (TPSA) is 51.2 Å². The molecular formula is C20H18F6N2O2. The van der Waals surface area contributed by atoms with Gasteiger partial charge in [0, 0.05) is 18.2 Å². The number of hydrogen-bond acceptors (Lipinski definition) is 3. The van der Waals surface area contributed by atoms with Crippen LogP contribution >= 0.6 is 0 Å². The van der Waals surface area contributed by atoms with Crippen molar-refractivity contribution in [1.82, 2.24) is 10.3 Å². The van der Waals surface area contributed by atoms with E-state index in [1.807, 2.05) is 0 Å². The van der Waals surface area contributed by atoms with E-state index in [1.54, 1.807) is 6.92 Å². The summed E-state index contributed by atoms with van der Waals surface area (Å²) < 4.78 is 78.9. The number of carbonyl (C=O) groups excluding carboxylic acids is 1. The van der Waals surface area contributed by atoms with Crippen LogP contribution in [-0.2, 0) is 11.0 Å². The summed E-state index contributed by atoms with van der Waals surface area (Å²) in [5, 5.41) is 2.79. The molecule has 30 heavy (non-hydrogen) atoms. The standard InChI is InChI=1S/C20H18F6N2O2/c1-11(13-4-7-17(27-9-13)30-10-19(21,22)23)28-18(29)16-8-15(16)12-2-5-14(6-3-12)20(24,25)26/h2-7,9,11,15-16H,8,10H2,1H3,(H,28,29)/t11-,15+,16-/m1/s1. The Morgan fingerprint density at radius 1 is 1.13 bits per heavy atom. The summed E-state index contributed by atoms with van der Waals surface area (Å²) >= 11 is 0. The van der Waals surface area contributed by atoms with Crippen molar-refractivity contribution >= 4 is 5.91 Å². The van der Waals surface area contributed by atoms with Crippen LogP contribution in [0.5, 0.6) is 5.88 Å². The summed E-state index contributed by atoms with van der Waals surface area (Å²) in [7, 11) is 0. The molecule has 1 fully saturated rings. The fraction of sp³-hybridized carbons (Fsp3) is 0.400. The monoisotopic (exact) mass is 432 g/mol. The number of rotatable bonds is 6. The highest BCUT2D eigenvalue weighted by Crippen LogP contribution is 2.48. The molecule has 1 aliphatic rings. The van der Waals surface area contributed by atoms with E-state index >= 15 is 0 Å². The predicted octanol–water partition coefficient (Wildman–Crippen LogP) is 5.02. The van der Waals surface area contributed by atoms with Crippen LogP contribution in [0.25, 0.3) is 0 Å². The SMILES string of the molecule is C[C@@H](NC(=O)[C@@H]1C[C@H]1c1ccc(C(F)(F)F)cc1)c1ccc(OCC(F)(F)F)nc1. The number of nitrogens with zero attached hydrogens (tertiary/aromatic N) is 1. The molecule has 3 atom stereocenters. The average Bonchev–Trinajstić information content (AvgIpc) is 3.46.